The maximum atomic E-state index is 13.4. The van der Waals surface area contributed by atoms with Gasteiger partial charge in [-0.15, -0.1) is 0 Å². The fourth-order valence-electron chi connectivity index (χ4n) is 4.21. The number of halogens is 2. The van der Waals surface area contributed by atoms with Crippen LogP contribution in [0.4, 0.5) is 4.79 Å². The molecule has 0 saturated carbocycles. The van der Waals surface area contributed by atoms with E-state index >= 15 is 0 Å². The second kappa shape index (κ2) is 9.45. The first-order valence-corrected chi connectivity index (χ1v) is 11.4. The molecule has 7 nitrogen and oxygen atoms in total. The molecule has 2 aromatic rings. The minimum absolute atomic E-state index is 0.0814. The van der Waals surface area contributed by atoms with Gasteiger partial charge in [-0.2, -0.15) is 0 Å². The van der Waals surface area contributed by atoms with Crippen molar-refractivity contribution in [3.8, 4) is 0 Å². The molecule has 1 atom stereocenters. The summed E-state index contributed by atoms with van der Waals surface area (Å²) in [6.45, 7) is 2.78. The summed E-state index contributed by atoms with van der Waals surface area (Å²) < 4.78 is 0. The van der Waals surface area contributed by atoms with Gasteiger partial charge in [0.25, 0.3) is 5.91 Å². The number of carbonyl (C=O) groups excluding carboxylic acids is 3. The highest BCUT2D eigenvalue weighted by molar-refractivity contribution is 6.35. The van der Waals surface area contributed by atoms with E-state index < -0.39 is 6.04 Å². The maximum Gasteiger partial charge on any atom is 0.322 e. The Kier molecular flexibility index (Phi) is 6.63. The van der Waals surface area contributed by atoms with Gasteiger partial charge in [-0.3, -0.25) is 14.5 Å². The number of hydrogen-bond donors (Lipinski definition) is 1. The molecule has 4 amide bonds. The molecule has 172 valence electrons. The molecule has 0 saturated heterocycles. The lowest BCUT2D eigenvalue weighted by atomic mass is 9.95. The molecule has 1 N–H and O–H groups in total. The number of rotatable bonds is 6. The van der Waals surface area contributed by atoms with Crippen molar-refractivity contribution < 1.29 is 14.4 Å². The third-order valence-electron chi connectivity index (χ3n) is 5.90. The Labute approximate surface area is 202 Å². The normalized spacial score (nSPS) is 17.9. The predicted molar refractivity (Wildman–Crippen MR) is 127 cm³/mol. The standard InChI is InChI=1S/C24H24Cl2N4O3/c1-3-30-19-13-29(14-20(31)28(2)12-15-7-5-4-6-8-15)23(32)21(19)22(27-24(30)33)17-10-9-16(25)11-18(17)26/h4-11,22H,3,12-14H2,1-2H3,(H,27,33)/t22-/m1/s1. The number of benzene rings is 2. The average Bonchev–Trinajstić information content (AvgIpc) is 3.10. The lowest BCUT2D eigenvalue weighted by Crippen LogP contribution is -2.47. The van der Waals surface area contributed by atoms with Gasteiger partial charge in [0.15, 0.2) is 0 Å². The molecule has 0 aromatic heterocycles. The lowest BCUT2D eigenvalue weighted by molar-refractivity contribution is -0.137. The molecule has 0 spiro atoms. The molecule has 2 aliphatic rings. The summed E-state index contributed by atoms with van der Waals surface area (Å²) in [6, 6.07) is 13.6. The predicted octanol–water partition coefficient (Wildman–Crippen LogP) is 3.83. The molecular formula is C24H24Cl2N4O3. The van der Waals surface area contributed by atoms with Gasteiger partial charge in [-0.25, -0.2) is 4.79 Å². The quantitative estimate of drug-likeness (QED) is 0.673. The number of likely N-dealkylation sites (N-methyl/N-ethyl adjacent to an activating group) is 2. The molecule has 2 aliphatic heterocycles. The number of urea groups is 1. The van der Waals surface area contributed by atoms with E-state index in [9.17, 15) is 14.4 Å². The van der Waals surface area contributed by atoms with Crippen LogP contribution < -0.4 is 5.32 Å². The molecule has 4 rings (SSSR count). The molecule has 2 heterocycles. The van der Waals surface area contributed by atoms with Crippen molar-refractivity contribution in [2.24, 2.45) is 0 Å². The van der Waals surface area contributed by atoms with Crippen LogP contribution >= 0.6 is 23.2 Å². The second-order valence-corrected chi connectivity index (χ2v) is 8.89. The Morgan fingerprint density at radius 3 is 2.55 bits per heavy atom. The SMILES string of the molecule is CCN1C(=O)N[C@H](c2ccc(Cl)cc2Cl)C2=C1CN(CC(=O)N(C)Cc1ccccc1)C2=O. The highest BCUT2D eigenvalue weighted by Crippen LogP contribution is 2.39. The van der Waals surface area contributed by atoms with Gasteiger partial charge in [0.2, 0.25) is 5.91 Å². The summed E-state index contributed by atoms with van der Waals surface area (Å²) in [5.41, 5.74) is 2.61. The number of nitrogens with zero attached hydrogens (tertiary/aromatic N) is 3. The molecular weight excluding hydrogens is 463 g/mol. The van der Waals surface area contributed by atoms with E-state index in [1.807, 2.05) is 37.3 Å². The first-order chi connectivity index (χ1) is 15.8. The van der Waals surface area contributed by atoms with Crippen molar-refractivity contribution in [2.45, 2.75) is 19.5 Å². The Morgan fingerprint density at radius 1 is 1.15 bits per heavy atom. The number of hydrogen-bond acceptors (Lipinski definition) is 3. The fraction of sp³-hybridized carbons (Fsp3) is 0.292. The summed E-state index contributed by atoms with van der Waals surface area (Å²) in [5.74, 6) is -0.476. The molecule has 0 unspecified atom stereocenters. The summed E-state index contributed by atoms with van der Waals surface area (Å²) in [6.07, 6.45) is 0. The van der Waals surface area contributed by atoms with Crippen LogP contribution in [0.3, 0.4) is 0 Å². The van der Waals surface area contributed by atoms with Crippen LogP contribution in [0.2, 0.25) is 10.0 Å². The Morgan fingerprint density at radius 2 is 1.88 bits per heavy atom. The van der Waals surface area contributed by atoms with E-state index in [4.69, 9.17) is 23.2 Å². The van der Waals surface area contributed by atoms with Crippen molar-refractivity contribution in [2.75, 3.05) is 26.7 Å². The highest BCUT2D eigenvalue weighted by atomic mass is 35.5. The van der Waals surface area contributed by atoms with Crippen molar-refractivity contribution in [3.05, 3.63) is 81.0 Å². The maximum absolute atomic E-state index is 13.4. The van der Waals surface area contributed by atoms with Gasteiger partial charge in [0.1, 0.15) is 6.54 Å². The first-order valence-electron chi connectivity index (χ1n) is 10.6. The van der Waals surface area contributed by atoms with E-state index in [-0.39, 0.29) is 30.9 Å². The molecule has 9 heteroatoms. The first kappa shape index (κ1) is 23.1. The summed E-state index contributed by atoms with van der Waals surface area (Å²) in [7, 11) is 1.71. The fourth-order valence-corrected chi connectivity index (χ4v) is 4.73. The zero-order chi connectivity index (χ0) is 23.7. The molecule has 2 aromatic carbocycles. The minimum Gasteiger partial charge on any atom is -0.340 e. The zero-order valence-electron chi connectivity index (χ0n) is 18.3. The molecule has 33 heavy (non-hydrogen) atoms. The third-order valence-corrected chi connectivity index (χ3v) is 6.46. The van der Waals surface area contributed by atoms with E-state index in [1.165, 1.54) is 9.80 Å². The Bertz CT molecular complexity index is 1140. The van der Waals surface area contributed by atoms with Gasteiger partial charge in [0.05, 0.1) is 23.9 Å². The highest BCUT2D eigenvalue weighted by Gasteiger charge is 2.44. The van der Waals surface area contributed by atoms with Crippen molar-refractivity contribution >= 4 is 41.0 Å². The molecule has 0 fully saturated rings. The summed E-state index contributed by atoms with van der Waals surface area (Å²) in [4.78, 5) is 43.7. The topological polar surface area (TPSA) is 73.0 Å². The van der Waals surface area contributed by atoms with Gasteiger partial charge >= 0.3 is 6.03 Å². The van der Waals surface area contributed by atoms with E-state index in [0.29, 0.717) is 40.0 Å². The van der Waals surface area contributed by atoms with Crippen molar-refractivity contribution in [1.29, 1.82) is 0 Å². The number of carbonyl (C=O) groups is 3. The van der Waals surface area contributed by atoms with Crippen LogP contribution in [0.5, 0.6) is 0 Å². The van der Waals surface area contributed by atoms with Gasteiger partial charge < -0.3 is 15.1 Å². The number of nitrogens with one attached hydrogen (secondary N) is 1. The largest absolute Gasteiger partial charge is 0.340 e. The van der Waals surface area contributed by atoms with Gasteiger partial charge in [-0.1, -0.05) is 59.6 Å². The Hall–Kier alpha value is -3.03. The minimum atomic E-state index is -0.713. The van der Waals surface area contributed by atoms with Crippen LogP contribution in [-0.4, -0.2) is 59.2 Å². The van der Waals surface area contributed by atoms with Crippen LogP contribution in [-0.2, 0) is 16.1 Å². The van der Waals surface area contributed by atoms with E-state index in [0.717, 1.165) is 5.56 Å². The number of amides is 4. The molecule has 0 bridgehead atoms. The van der Waals surface area contributed by atoms with E-state index in [2.05, 4.69) is 5.32 Å². The van der Waals surface area contributed by atoms with Crippen LogP contribution in [0.15, 0.2) is 59.8 Å². The smallest absolute Gasteiger partial charge is 0.322 e. The second-order valence-electron chi connectivity index (χ2n) is 8.05. The monoisotopic (exact) mass is 486 g/mol. The zero-order valence-corrected chi connectivity index (χ0v) is 19.9. The molecule has 0 aliphatic carbocycles. The summed E-state index contributed by atoms with van der Waals surface area (Å²) >= 11 is 12.4. The van der Waals surface area contributed by atoms with E-state index in [1.54, 1.807) is 30.1 Å². The van der Waals surface area contributed by atoms with Crippen LogP contribution in [0, 0.1) is 0 Å². The van der Waals surface area contributed by atoms with Crippen molar-refractivity contribution in [3.63, 3.8) is 0 Å². The lowest BCUT2D eigenvalue weighted by Gasteiger charge is -2.33. The molecule has 0 radical (unpaired) electrons. The van der Waals surface area contributed by atoms with Gasteiger partial charge in [-0.05, 0) is 30.2 Å². The van der Waals surface area contributed by atoms with Crippen molar-refractivity contribution in [1.82, 2.24) is 20.0 Å². The van der Waals surface area contributed by atoms with Crippen LogP contribution in [0.1, 0.15) is 24.1 Å². The Balaban J connectivity index is 1.57. The van der Waals surface area contributed by atoms with Gasteiger partial charge in [0, 0.05) is 30.2 Å². The van der Waals surface area contributed by atoms with Crippen LogP contribution in [0.25, 0.3) is 0 Å². The third kappa shape index (κ3) is 4.56. The summed E-state index contributed by atoms with van der Waals surface area (Å²) in [5, 5.41) is 3.70. The average molecular weight is 487 g/mol.